The number of allylic oxidation sites excluding steroid dienone is 3. The quantitative estimate of drug-likeness (QED) is 0.0487. The number of carbonyl (C=O) groups excluding carboxylic acids is 5. The van der Waals surface area contributed by atoms with E-state index in [9.17, 15) is 29.1 Å². The zero-order chi connectivity index (χ0) is 37.9. The fraction of sp³-hybridized carbons (Fsp3) is 0.543. The highest BCUT2D eigenvalue weighted by atomic mass is 16.5. The first-order valence-electron chi connectivity index (χ1n) is 17.3. The van der Waals surface area contributed by atoms with Crippen molar-refractivity contribution in [3.8, 4) is 0 Å². The lowest BCUT2D eigenvalue weighted by Crippen LogP contribution is -2.58. The summed E-state index contributed by atoms with van der Waals surface area (Å²) in [5, 5.41) is 21.0. The Morgan fingerprint density at radius 2 is 1.55 bits per heavy atom. The van der Waals surface area contributed by atoms with Crippen molar-refractivity contribution in [2.24, 2.45) is 33.8 Å². The van der Waals surface area contributed by atoms with E-state index in [0.29, 0.717) is 25.7 Å². The molecule has 1 aliphatic carbocycles. The van der Waals surface area contributed by atoms with E-state index in [2.05, 4.69) is 26.3 Å². The molecular weight excluding hydrogens is 658 g/mol. The number of nitrogens with two attached hydrogens (primary N) is 4. The molecule has 5 atom stereocenters. The summed E-state index contributed by atoms with van der Waals surface area (Å²) in [6, 6.07) is 4.72. The van der Waals surface area contributed by atoms with Gasteiger partial charge in [0.25, 0.3) is 0 Å². The predicted molar refractivity (Wildman–Crippen MR) is 194 cm³/mol. The summed E-state index contributed by atoms with van der Waals surface area (Å²) in [6.07, 6.45) is 3.30. The molecule has 5 amide bonds. The highest BCUT2D eigenvalue weighted by Gasteiger charge is 2.32. The van der Waals surface area contributed by atoms with Gasteiger partial charge in [0.15, 0.2) is 5.96 Å². The van der Waals surface area contributed by atoms with Gasteiger partial charge in [0.05, 0.1) is 18.4 Å². The lowest BCUT2D eigenvalue weighted by Gasteiger charge is -2.29. The zero-order valence-electron chi connectivity index (χ0n) is 29.8. The molecule has 16 heteroatoms. The summed E-state index contributed by atoms with van der Waals surface area (Å²) in [4.78, 5) is 69.0. The third-order valence-electron chi connectivity index (χ3n) is 8.40. The number of hydrogen-bond acceptors (Lipinski definition) is 9. The number of alkyl carbamates (subject to hydrolysis) is 1. The molecule has 0 radical (unpaired) electrons. The summed E-state index contributed by atoms with van der Waals surface area (Å²) < 4.78 is 4.88. The van der Waals surface area contributed by atoms with Crippen LogP contribution in [0.2, 0.25) is 0 Å². The molecule has 0 spiro atoms. The Morgan fingerprint density at radius 1 is 0.902 bits per heavy atom. The second kappa shape index (κ2) is 21.9. The van der Waals surface area contributed by atoms with E-state index >= 15 is 0 Å². The predicted octanol–water partition coefficient (Wildman–Crippen LogP) is 0.654. The number of carbonyl (C=O) groups is 5. The van der Waals surface area contributed by atoms with Crippen LogP contribution in [0.5, 0.6) is 0 Å². The van der Waals surface area contributed by atoms with E-state index in [-0.39, 0.29) is 63.0 Å². The molecule has 1 aliphatic rings. The maximum Gasteiger partial charge on any atom is 0.407 e. The number of amides is 5. The van der Waals surface area contributed by atoms with Crippen molar-refractivity contribution in [3.63, 3.8) is 0 Å². The summed E-state index contributed by atoms with van der Waals surface area (Å²) >= 11 is 0. The average molecular weight is 714 g/mol. The standard InChI is InChI=1S/C35H55N9O7/c1-4-51-35(50)41-15-9-8-14-27(32(48)43-28(30(37)46)19-23-11-6-5-7-12-23)42-33(49)29(20-25-21(2)17-24(45)18-22(25)3)44-31(47)26(36)13-10-16-40-34(38)39/h5-7,11-12,17,22,26-29,45H,4,8-10,13-16,18-20,36H2,1-3H3,(H2,37,46)(H,41,50)(H,42,49)(H,43,48)(H,44,47)(H4,38,39,40)/t22?,26-,27+,28+,29+/m1/s1. The van der Waals surface area contributed by atoms with Crippen molar-refractivity contribution in [2.75, 3.05) is 19.7 Å². The average Bonchev–Trinajstić information content (AvgIpc) is 3.06. The Bertz CT molecular complexity index is 1430. The molecule has 0 bridgehead atoms. The summed E-state index contributed by atoms with van der Waals surface area (Å²) in [7, 11) is 0. The van der Waals surface area contributed by atoms with Crippen LogP contribution in [0.25, 0.3) is 0 Å². The monoisotopic (exact) mass is 713 g/mol. The first-order chi connectivity index (χ1) is 24.2. The summed E-state index contributed by atoms with van der Waals surface area (Å²) in [6.45, 7) is 6.17. The van der Waals surface area contributed by atoms with Gasteiger partial charge in [-0.3, -0.25) is 24.2 Å². The third kappa shape index (κ3) is 15.5. The number of hydrogen-bond donors (Lipinski definition) is 9. The van der Waals surface area contributed by atoms with E-state index in [4.69, 9.17) is 27.7 Å². The van der Waals surface area contributed by atoms with Gasteiger partial charge in [-0.15, -0.1) is 0 Å². The minimum absolute atomic E-state index is 0.0776. The lowest BCUT2D eigenvalue weighted by atomic mass is 9.84. The summed E-state index contributed by atoms with van der Waals surface area (Å²) in [5.74, 6) is -2.61. The van der Waals surface area contributed by atoms with E-state index in [1.807, 2.05) is 19.9 Å². The molecule has 0 saturated carbocycles. The second-order valence-corrected chi connectivity index (χ2v) is 12.6. The van der Waals surface area contributed by atoms with Crippen LogP contribution in [0.1, 0.15) is 71.3 Å². The van der Waals surface area contributed by atoms with Crippen LogP contribution in [0.3, 0.4) is 0 Å². The maximum absolute atomic E-state index is 14.0. The third-order valence-corrected chi connectivity index (χ3v) is 8.40. The Morgan fingerprint density at radius 3 is 2.18 bits per heavy atom. The van der Waals surface area contributed by atoms with Crippen LogP contribution in [-0.2, 0) is 30.3 Å². The number of aliphatic hydroxyl groups excluding tert-OH is 1. The van der Waals surface area contributed by atoms with E-state index < -0.39 is 53.9 Å². The Labute approximate surface area is 299 Å². The van der Waals surface area contributed by atoms with Crippen molar-refractivity contribution in [3.05, 3.63) is 58.9 Å². The van der Waals surface area contributed by atoms with Crippen LogP contribution in [-0.4, -0.2) is 84.7 Å². The van der Waals surface area contributed by atoms with E-state index in [1.165, 1.54) is 0 Å². The molecule has 51 heavy (non-hydrogen) atoms. The van der Waals surface area contributed by atoms with Gasteiger partial charge >= 0.3 is 6.09 Å². The van der Waals surface area contributed by atoms with Crippen LogP contribution in [0.15, 0.2) is 58.3 Å². The van der Waals surface area contributed by atoms with Crippen molar-refractivity contribution in [1.29, 1.82) is 0 Å². The molecular formula is C35H55N9O7. The Balaban J connectivity index is 2.31. The number of aliphatic hydroxyl groups is 1. The van der Waals surface area contributed by atoms with Crippen LogP contribution < -0.4 is 44.2 Å². The zero-order valence-corrected chi connectivity index (χ0v) is 29.8. The highest BCUT2D eigenvalue weighted by Crippen LogP contribution is 2.31. The number of unbranched alkanes of at least 4 members (excludes halogenated alkanes) is 1. The number of benzene rings is 1. The van der Waals surface area contributed by atoms with Crippen molar-refractivity contribution in [2.45, 2.75) is 96.3 Å². The minimum atomic E-state index is -1.14. The lowest BCUT2D eigenvalue weighted by molar-refractivity contribution is -0.133. The fourth-order valence-electron chi connectivity index (χ4n) is 5.68. The van der Waals surface area contributed by atoms with Gasteiger partial charge < -0.3 is 54.0 Å². The molecule has 1 unspecified atom stereocenters. The number of ether oxygens (including phenoxy) is 1. The number of primary amides is 1. The van der Waals surface area contributed by atoms with Crippen molar-refractivity contribution >= 4 is 35.7 Å². The van der Waals surface area contributed by atoms with Crippen LogP contribution >= 0.6 is 0 Å². The van der Waals surface area contributed by atoms with Gasteiger partial charge in [-0.25, -0.2) is 4.79 Å². The molecule has 1 aromatic carbocycles. The molecule has 0 aliphatic heterocycles. The second-order valence-electron chi connectivity index (χ2n) is 12.6. The van der Waals surface area contributed by atoms with Gasteiger partial charge in [-0.1, -0.05) is 42.8 Å². The molecule has 282 valence electrons. The highest BCUT2D eigenvalue weighted by molar-refractivity contribution is 5.94. The van der Waals surface area contributed by atoms with Crippen molar-refractivity contribution in [1.82, 2.24) is 21.3 Å². The topological polar surface area (TPSA) is 279 Å². The van der Waals surface area contributed by atoms with E-state index in [1.54, 1.807) is 37.3 Å². The van der Waals surface area contributed by atoms with Gasteiger partial charge in [0, 0.05) is 25.9 Å². The molecule has 0 aromatic heterocycles. The van der Waals surface area contributed by atoms with E-state index in [0.717, 1.165) is 16.7 Å². The molecule has 13 N–H and O–H groups in total. The molecule has 16 nitrogen and oxygen atoms in total. The number of nitrogens with zero attached hydrogens (tertiary/aromatic N) is 1. The smallest absolute Gasteiger partial charge is 0.407 e. The van der Waals surface area contributed by atoms with Gasteiger partial charge in [0.1, 0.15) is 18.1 Å². The molecule has 0 heterocycles. The molecule has 1 aromatic rings. The van der Waals surface area contributed by atoms with Crippen LogP contribution in [0.4, 0.5) is 4.79 Å². The first-order valence-corrected chi connectivity index (χ1v) is 17.3. The van der Waals surface area contributed by atoms with Gasteiger partial charge in [-0.2, -0.15) is 0 Å². The van der Waals surface area contributed by atoms with Gasteiger partial charge in [-0.05, 0) is 75.5 Å². The summed E-state index contributed by atoms with van der Waals surface area (Å²) in [5.41, 5.74) is 24.9. The normalized spacial score (nSPS) is 16.4. The molecule has 0 saturated heterocycles. The van der Waals surface area contributed by atoms with Crippen molar-refractivity contribution < 1.29 is 33.8 Å². The SMILES string of the molecule is CCOC(=O)NCCCC[C@H](NC(=O)[C@H](CC1=C(C)C=C(O)CC1C)NC(=O)[C@H](N)CCCN=C(N)N)C(=O)N[C@@H](Cc1ccccc1)C(N)=O. The van der Waals surface area contributed by atoms with Crippen LogP contribution in [0, 0.1) is 5.92 Å². The Kier molecular flexibility index (Phi) is 18.0. The van der Waals surface area contributed by atoms with Gasteiger partial charge in [0.2, 0.25) is 23.6 Å². The number of nitrogens with one attached hydrogen (secondary N) is 4. The molecule has 2 rings (SSSR count). The number of aliphatic imine (C=N–C) groups is 1. The Hall–Kier alpha value is -5.12. The fourth-order valence-corrected chi connectivity index (χ4v) is 5.68. The number of rotatable bonds is 21. The number of guanidine groups is 1. The maximum atomic E-state index is 14.0. The largest absolute Gasteiger partial charge is 0.512 e. The first kappa shape index (κ1) is 42.0. The minimum Gasteiger partial charge on any atom is -0.512 e. The molecule has 0 fully saturated rings.